The summed E-state index contributed by atoms with van der Waals surface area (Å²) in [6.07, 6.45) is 0. The van der Waals surface area contributed by atoms with E-state index in [-0.39, 0.29) is 0 Å². The van der Waals surface area contributed by atoms with Crippen molar-refractivity contribution in [1.82, 2.24) is 0 Å². The third kappa shape index (κ3) is 5.08. The summed E-state index contributed by atoms with van der Waals surface area (Å²) in [6.45, 7) is 0. The van der Waals surface area contributed by atoms with Gasteiger partial charge < -0.3 is 19.0 Å². The van der Waals surface area contributed by atoms with E-state index in [1.165, 1.54) is 33.4 Å². The van der Waals surface area contributed by atoms with Gasteiger partial charge in [0.15, 0.2) is 17.1 Å². The standard InChI is InChI=1S/C61H38N2O2/c1-3-17-39(18-4-1)41-35-42(40-19-5-2-6-20-40)37-44(36-41)62(55-29-15-24-48-47-23-9-13-30-56(47)65-60(48)55)43-33-34-53-52(38-43)61(49-25-10-7-21-45(49)46-22-8-11-26-50(46)61)51-27-16-32-58-59(51)63(53)54-28-12-14-31-57(54)64-58/h1-38H. The van der Waals surface area contributed by atoms with Gasteiger partial charge in [-0.05, 0) is 122 Å². The van der Waals surface area contributed by atoms with Crippen molar-refractivity contribution in [3.8, 4) is 44.9 Å². The maximum absolute atomic E-state index is 6.91. The van der Waals surface area contributed by atoms with Crippen molar-refractivity contribution in [3.05, 3.63) is 253 Å². The molecule has 0 fully saturated rings. The molecule has 0 N–H and O–H groups in total. The molecule has 14 rings (SSSR count). The van der Waals surface area contributed by atoms with E-state index in [0.717, 1.165) is 89.8 Å². The predicted octanol–water partition coefficient (Wildman–Crippen LogP) is 16.6. The SMILES string of the molecule is c1ccc(-c2cc(-c3ccccc3)cc(N(c3ccc4c(c3)C3(c5ccccc5-c5ccccc53)c3cccc5c3N4c3ccccc3O5)c3cccc4c3oc3ccccc34)c2)cc1. The van der Waals surface area contributed by atoms with Crippen LogP contribution in [0.2, 0.25) is 0 Å². The van der Waals surface area contributed by atoms with Crippen LogP contribution in [0.1, 0.15) is 22.3 Å². The Kier molecular flexibility index (Phi) is 7.57. The van der Waals surface area contributed by atoms with E-state index in [2.05, 4.69) is 234 Å². The second-order valence-corrected chi connectivity index (χ2v) is 17.2. The second kappa shape index (κ2) is 13.7. The number of fused-ring (bicyclic) bond motifs is 14. The Balaban J connectivity index is 1.11. The molecule has 11 aromatic rings. The van der Waals surface area contributed by atoms with Gasteiger partial charge in [0.2, 0.25) is 0 Å². The molecule has 65 heavy (non-hydrogen) atoms. The Morgan fingerprint density at radius 3 is 1.74 bits per heavy atom. The van der Waals surface area contributed by atoms with Crippen molar-refractivity contribution in [2.75, 3.05) is 9.80 Å². The third-order valence-corrected chi connectivity index (χ3v) is 13.8. The summed E-state index contributed by atoms with van der Waals surface area (Å²) >= 11 is 0. The minimum atomic E-state index is -0.672. The number of furan rings is 1. The van der Waals surface area contributed by atoms with E-state index < -0.39 is 5.41 Å². The number of ether oxygens (including phenoxy) is 1. The summed E-state index contributed by atoms with van der Waals surface area (Å²) in [5.74, 6) is 1.68. The molecule has 0 saturated carbocycles. The highest BCUT2D eigenvalue weighted by Gasteiger charge is 2.53. The van der Waals surface area contributed by atoms with Gasteiger partial charge in [-0.1, -0.05) is 164 Å². The lowest BCUT2D eigenvalue weighted by atomic mass is 9.64. The average Bonchev–Trinajstić information content (AvgIpc) is 3.90. The third-order valence-electron chi connectivity index (χ3n) is 13.8. The summed E-state index contributed by atoms with van der Waals surface area (Å²) in [6, 6.07) is 83.3. The van der Waals surface area contributed by atoms with Crippen LogP contribution < -0.4 is 14.5 Å². The Labute approximate surface area is 376 Å². The first-order chi connectivity index (χ1) is 32.2. The molecule has 1 aliphatic carbocycles. The predicted molar refractivity (Wildman–Crippen MR) is 265 cm³/mol. The first kappa shape index (κ1) is 35.9. The Hall–Kier alpha value is -8.60. The highest BCUT2D eigenvalue weighted by Crippen LogP contribution is 2.67. The van der Waals surface area contributed by atoms with Crippen LogP contribution in [-0.2, 0) is 5.41 Å². The highest BCUT2D eigenvalue weighted by atomic mass is 16.5. The Morgan fingerprint density at radius 1 is 0.385 bits per heavy atom. The number of benzene rings is 10. The van der Waals surface area contributed by atoms with E-state index >= 15 is 0 Å². The van der Waals surface area contributed by atoms with E-state index in [0.29, 0.717) is 0 Å². The van der Waals surface area contributed by atoms with Crippen molar-refractivity contribution in [2.24, 2.45) is 0 Å². The largest absolute Gasteiger partial charge is 0.454 e. The number of hydrogen-bond donors (Lipinski definition) is 0. The van der Waals surface area contributed by atoms with Crippen molar-refractivity contribution < 1.29 is 9.15 Å². The van der Waals surface area contributed by atoms with Crippen LogP contribution in [0.15, 0.2) is 235 Å². The summed E-state index contributed by atoms with van der Waals surface area (Å²) < 4.78 is 13.7. The molecule has 1 spiro atoms. The van der Waals surface area contributed by atoms with E-state index in [1.807, 2.05) is 6.07 Å². The zero-order chi connectivity index (χ0) is 42.6. The fourth-order valence-corrected chi connectivity index (χ4v) is 11.1. The Bertz CT molecular complexity index is 3620. The van der Waals surface area contributed by atoms with Crippen LogP contribution in [0.3, 0.4) is 0 Å². The van der Waals surface area contributed by atoms with Crippen LogP contribution in [0, 0.1) is 0 Å². The Morgan fingerprint density at radius 2 is 0.985 bits per heavy atom. The summed E-state index contributed by atoms with van der Waals surface area (Å²) in [5, 5.41) is 2.17. The summed E-state index contributed by atoms with van der Waals surface area (Å²) in [5.41, 5.74) is 19.2. The van der Waals surface area contributed by atoms with Crippen LogP contribution in [0.4, 0.5) is 34.1 Å². The van der Waals surface area contributed by atoms with Crippen molar-refractivity contribution >= 4 is 56.1 Å². The molecule has 0 amide bonds. The molecular formula is C61H38N2O2. The first-order valence-corrected chi connectivity index (χ1v) is 22.2. The minimum Gasteiger partial charge on any atom is -0.454 e. The molecule has 1 aromatic heterocycles. The first-order valence-electron chi connectivity index (χ1n) is 22.2. The zero-order valence-corrected chi connectivity index (χ0v) is 35.2. The van der Waals surface area contributed by atoms with Crippen LogP contribution >= 0.6 is 0 Å². The lowest BCUT2D eigenvalue weighted by molar-refractivity contribution is 0.473. The zero-order valence-electron chi connectivity index (χ0n) is 35.2. The minimum absolute atomic E-state index is 0.672. The van der Waals surface area contributed by atoms with E-state index in [9.17, 15) is 0 Å². The lowest BCUT2D eigenvalue weighted by Crippen LogP contribution is -2.37. The molecule has 0 saturated heterocycles. The van der Waals surface area contributed by atoms with Crippen molar-refractivity contribution in [3.63, 3.8) is 0 Å². The van der Waals surface area contributed by atoms with Gasteiger partial charge >= 0.3 is 0 Å². The normalized spacial score (nSPS) is 13.4. The smallest absolute Gasteiger partial charge is 0.159 e. The molecule has 4 nitrogen and oxygen atoms in total. The molecule has 0 atom stereocenters. The number of anilines is 6. The monoisotopic (exact) mass is 830 g/mol. The van der Waals surface area contributed by atoms with Crippen LogP contribution in [0.5, 0.6) is 11.5 Å². The molecular weight excluding hydrogens is 793 g/mol. The molecule has 0 unspecified atom stereocenters. The average molecular weight is 831 g/mol. The maximum Gasteiger partial charge on any atom is 0.159 e. The lowest BCUT2D eigenvalue weighted by Gasteiger charge is -2.47. The molecule has 3 heterocycles. The summed E-state index contributed by atoms with van der Waals surface area (Å²) in [7, 11) is 0. The topological polar surface area (TPSA) is 28.9 Å². The van der Waals surface area contributed by atoms with Gasteiger partial charge in [-0.2, -0.15) is 0 Å². The number of para-hydroxylation sites is 5. The van der Waals surface area contributed by atoms with E-state index in [1.54, 1.807) is 0 Å². The quantitative estimate of drug-likeness (QED) is 0.173. The van der Waals surface area contributed by atoms with Gasteiger partial charge in [0, 0.05) is 22.1 Å². The molecule has 3 aliphatic rings. The van der Waals surface area contributed by atoms with Gasteiger partial charge in [-0.15, -0.1) is 0 Å². The molecule has 304 valence electrons. The molecule has 10 aromatic carbocycles. The highest BCUT2D eigenvalue weighted by molar-refractivity contribution is 6.11. The molecule has 0 radical (unpaired) electrons. The maximum atomic E-state index is 6.91. The molecule has 0 bridgehead atoms. The number of hydrogen-bond acceptors (Lipinski definition) is 4. The fraction of sp³-hybridized carbons (Fsp3) is 0.0164. The summed E-state index contributed by atoms with van der Waals surface area (Å²) in [4.78, 5) is 4.86. The van der Waals surface area contributed by atoms with E-state index in [4.69, 9.17) is 9.15 Å². The fourth-order valence-electron chi connectivity index (χ4n) is 11.1. The number of nitrogens with zero attached hydrogens (tertiary/aromatic N) is 2. The van der Waals surface area contributed by atoms with Gasteiger partial charge in [0.1, 0.15) is 5.58 Å². The van der Waals surface area contributed by atoms with Gasteiger partial charge in [-0.25, -0.2) is 0 Å². The van der Waals surface area contributed by atoms with Crippen LogP contribution in [0.25, 0.3) is 55.3 Å². The molecule has 4 heteroatoms. The van der Waals surface area contributed by atoms with Gasteiger partial charge in [-0.3, -0.25) is 0 Å². The number of rotatable bonds is 5. The molecule has 2 aliphatic heterocycles. The second-order valence-electron chi connectivity index (χ2n) is 17.2. The van der Waals surface area contributed by atoms with Crippen molar-refractivity contribution in [1.29, 1.82) is 0 Å². The van der Waals surface area contributed by atoms with Crippen LogP contribution in [-0.4, -0.2) is 0 Å². The van der Waals surface area contributed by atoms with Gasteiger partial charge in [0.05, 0.1) is 28.2 Å². The van der Waals surface area contributed by atoms with Crippen molar-refractivity contribution in [2.45, 2.75) is 5.41 Å². The van der Waals surface area contributed by atoms with Gasteiger partial charge in [0.25, 0.3) is 0 Å².